The first kappa shape index (κ1) is 18.3. The van der Waals surface area contributed by atoms with Crippen LogP contribution in [0.25, 0.3) is 10.9 Å². The van der Waals surface area contributed by atoms with E-state index in [2.05, 4.69) is 20.0 Å². The summed E-state index contributed by atoms with van der Waals surface area (Å²) in [4.78, 5) is 25.3. The number of hydrogen-bond acceptors (Lipinski definition) is 6. The van der Waals surface area contributed by atoms with Gasteiger partial charge in [-0.15, -0.1) is 0 Å². The van der Waals surface area contributed by atoms with Crippen LogP contribution in [0.5, 0.6) is 0 Å². The van der Waals surface area contributed by atoms with Crippen LogP contribution < -0.4 is 15.5 Å². The lowest BCUT2D eigenvalue weighted by Gasteiger charge is -2.36. The second-order valence-corrected chi connectivity index (χ2v) is 7.23. The zero-order valence-corrected chi connectivity index (χ0v) is 16.2. The molecule has 1 saturated heterocycles. The normalized spacial score (nSPS) is 14.4. The second-order valence-electron chi connectivity index (χ2n) is 7.23. The molecule has 30 heavy (non-hydrogen) atoms. The average molecular weight is 405 g/mol. The quantitative estimate of drug-likeness (QED) is 0.517. The Hall–Kier alpha value is -3.75. The van der Waals surface area contributed by atoms with E-state index in [1.165, 1.54) is 23.0 Å². The van der Waals surface area contributed by atoms with Gasteiger partial charge in [0.05, 0.1) is 5.52 Å². The SMILES string of the molecule is O=c1nc(N2CCN(c3ccc(F)cc3)CC2)ncn1Cn1cc2ccccc2n1. The van der Waals surface area contributed by atoms with Crippen molar-refractivity contribution in [2.24, 2.45) is 0 Å². The smallest absolute Gasteiger partial charge is 0.353 e. The van der Waals surface area contributed by atoms with Crippen molar-refractivity contribution in [2.75, 3.05) is 36.0 Å². The van der Waals surface area contributed by atoms with Gasteiger partial charge in [-0.2, -0.15) is 10.1 Å². The number of fused-ring (bicyclic) bond motifs is 1. The minimum atomic E-state index is -0.361. The maximum absolute atomic E-state index is 13.1. The molecular formula is C21H20FN7O. The van der Waals surface area contributed by atoms with Gasteiger partial charge in [0, 0.05) is 43.4 Å². The Morgan fingerprint density at radius 3 is 2.40 bits per heavy atom. The first-order valence-corrected chi connectivity index (χ1v) is 9.77. The molecule has 4 aromatic rings. The highest BCUT2D eigenvalue weighted by molar-refractivity contribution is 5.77. The number of aromatic nitrogens is 5. The summed E-state index contributed by atoms with van der Waals surface area (Å²) in [7, 11) is 0. The van der Waals surface area contributed by atoms with Crippen molar-refractivity contribution in [3.8, 4) is 0 Å². The first-order valence-electron chi connectivity index (χ1n) is 9.77. The molecule has 0 N–H and O–H groups in total. The van der Waals surface area contributed by atoms with E-state index in [9.17, 15) is 9.18 Å². The molecule has 0 bridgehead atoms. The Balaban J connectivity index is 1.27. The molecule has 0 atom stereocenters. The fourth-order valence-electron chi connectivity index (χ4n) is 3.66. The van der Waals surface area contributed by atoms with Crippen molar-refractivity contribution < 1.29 is 4.39 Å². The summed E-state index contributed by atoms with van der Waals surface area (Å²) in [5.74, 6) is 0.190. The number of nitrogens with zero attached hydrogens (tertiary/aromatic N) is 7. The molecule has 8 nitrogen and oxygen atoms in total. The molecule has 1 aliphatic rings. The van der Waals surface area contributed by atoms with E-state index < -0.39 is 0 Å². The van der Waals surface area contributed by atoms with Crippen LogP contribution in [0.2, 0.25) is 0 Å². The van der Waals surface area contributed by atoms with Crippen LogP contribution in [0.4, 0.5) is 16.0 Å². The van der Waals surface area contributed by atoms with Crippen LogP contribution in [-0.2, 0) is 6.67 Å². The molecule has 1 fully saturated rings. The minimum absolute atomic E-state index is 0.241. The summed E-state index contributed by atoms with van der Waals surface area (Å²) >= 11 is 0. The lowest BCUT2D eigenvalue weighted by atomic mass is 10.2. The topological polar surface area (TPSA) is 72.1 Å². The number of benzene rings is 2. The molecule has 2 aromatic carbocycles. The van der Waals surface area contributed by atoms with Crippen molar-refractivity contribution in [1.29, 1.82) is 0 Å². The van der Waals surface area contributed by atoms with E-state index in [4.69, 9.17) is 0 Å². The number of anilines is 2. The van der Waals surface area contributed by atoms with E-state index in [0.29, 0.717) is 19.0 Å². The molecule has 0 radical (unpaired) electrons. The third-order valence-electron chi connectivity index (χ3n) is 5.27. The molecule has 0 unspecified atom stereocenters. The van der Waals surface area contributed by atoms with Gasteiger partial charge in [0.2, 0.25) is 5.95 Å². The highest BCUT2D eigenvalue weighted by Crippen LogP contribution is 2.18. The van der Waals surface area contributed by atoms with Crippen LogP contribution in [0, 0.1) is 5.82 Å². The highest BCUT2D eigenvalue weighted by atomic mass is 19.1. The number of piperazine rings is 1. The van der Waals surface area contributed by atoms with Crippen LogP contribution in [0.15, 0.2) is 65.8 Å². The van der Waals surface area contributed by atoms with Gasteiger partial charge >= 0.3 is 5.69 Å². The Morgan fingerprint density at radius 1 is 0.933 bits per heavy atom. The fourth-order valence-corrected chi connectivity index (χ4v) is 3.66. The van der Waals surface area contributed by atoms with E-state index >= 15 is 0 Å². The minimum Gasteiger partial charge on any atom is -0.368 e. The average Bonchev–Trinajstić information content (AvgIpc) is 3.18. The van der Waals surface area contributed by atoms with Gasteiger partial charge in [-0.3, -0.25) is 9.25 Å². The number of halogens is 1. The fraction of sp³-hybridized carbons (Fsp3) is 0.238. The van der Waals surface area contributed by atoms with Crippen molar-refractivity contribution >= 4 is 22.5 Å². The van der Waals surface area contributed by atoms with Gasteiger partial charge in [0.25, 0.3) is 0 Å². The third kappa shape index (κ3) is 3.61. The Kier molecular flexibility index (Phi) is 4.62. The second kappa shape index (κ2) is 7.58. The molecule has 3 heterocycles. The maximum Gasteiger partial charge on any atom is 0.353 e. The predicted molar refractivity (Wildman–Crippen MR) is 112 cm³/mol. The zero-order valence-electron chi connectivity index (χ0n) is 16.2. The lowest BCUT2D eigenvalue weighted by Crippen LogP contribution is -2.47. The van der Waals surface area contributed by atoms with E-state index in [0.717, 1.165) is 29.7 Å². The summed E-state index contributed by atoms with van der Waals surface area (Å²) in [6.07, 6.45) is 3.41. The molecule has 152 valence electrons. The predicted octanol–water partition coefficient (Wildman–Crippen LogP) is 1.96. The van der Waals surface area contributed by atoms with Crippen LogP contribution in [0.1, 0.15) is 0 Å². The van der Waals surface area contributed by atoms with E-state index in [1.807, 2.05) is 35.4 Å². The standard InChI is InChI=1S/C21H20FN7O/c22-17-5-7-18(8-6-17)26-9-11-27(12-10-26)20-23-14-28(21(30)24-20)15-29-13-16-3-1-2-4-19(16)25-29/h1-8,13-14H,9-12,15H2. The highest BCUT2D eigenvalue weighted by Gasteiger charge is 2.20. The molecule has 0 saturated carbocycles. The molecule has 9 heteroatoms. The summed E-state index contributed by atoms with van der Waals surface area (Å²) < 4.78 is 16.3. The molecule has 2 aromatic heterocycles. The van der Waals surface area contributed by atoms with Gasteiger partial charge in [-0.25, -0.2) is 14.2 Å². The number of hydrogen-bond donors (Lipinski definition) is 0. The number of rotatable bonds is 4. The molecule has 0 spiro atoms. The van der Waals surface area contributed by atoms with E-state index in [-0.39, 0.29) is 18.2 Å². The maximum atomic E-state index is 13.1. The first-order chi connectivity index (χ1) is 14.7. The Bertz CT molecular complexity index is 1190. The monoisotopic (exact) mass is 405 g/mol. The molecule has 0 aliphatic carbocycles. The van der Waals surface area contributed by atoms with Gasteiger partial charge in [0.15, 0.2) is 0 Å². The van der Waals surface area contributed by atoms with Gasteiger partial charge < -0.3 is 9.80 Å². The molecule has 0 amide bonds. The van der Waals surface area contributed by atoms with Crippen LogP contribution in [-0.4, -0.2) is 50.5 Å². The zero-order chi connectivity index (χ0) is 20.5. The van der Waals surface area contributed by atoms with Gasteiger partial charge in [0.1, 0.15) is 18.8 Å². The van der Waals surface area contributed by atoms with E-state index in [1.54, 1.807) is 16.8 Å². The summed E-state index contributed by atoms with van der Waals surface area (Å²) in [5, 5.41) is 5.48. The summed E-state index contributed by atoms with van der Waals surface area (Å²) in [5.41, 5.74) is 1.50. The van der Waals surface area contributed by atoms with Crippen molar-refractivity contribution in [3.05, 3.63) is 77.4 Å². The van der Waals surface area contributed by atoms with Gasteiger partial charge in [-0.05, 0) is 30.3 Å². The third-order valence-corrected chi connectivity index (χ3v) is 5.27. The molecule has 1 aliphatic heterocycles. The largest absolute Gasteiger partial charge is 0.368 e. The van der Waals surface area contributed by atoms with Crippen molar-refractivity contribution in [1.82, 2.24) is 24.3 Å². The van der Waals surface area contributed by atoms with Crippen LogP contribution in [0.3, 0.4) is 0 Å². The van der Waals surface area contributed by atoms with Crippen molar-refractivity contribution in [2.45, 2.75) is 6.67 Å². The Labute approximate surface area is 171 Å². The summed E-state index contributed by atoms with van der Waals surface area (Å²) in [6.45, 7) is 3.12. The summed E-state index contributed by atoms with van der Waals surface area (Å²) in [6, 6.07) is 14.3. The molecule has 5 rings (SSSR count). The lowest BCUT2D eigenvalue weighted by molar-refractivity contribution is 0.517. The Morgan fingerprint density at radius 2 is 1.67 bits per heavy atom. The molecular weight excluding hydrogens is 385 g/mol. The van der Waals surface area contributed by atoms with Gasteiger partial charge in [-0.1, -0.05) is 18.2 Å². The van der Waals surface area contributed by atoms with Crippen molar-refractivity contribution in [3.63, 3.8) is 0 Å². The van der Waals surface area contributed by atoms with Crippen LogP contribution >= 0.6 is 0 Å².